The Morgan fingerprint density at radius 3 is 1.78 bits per heavy atom. The van der Waals surface area contributed by atoms with E-state index in [2.05, 4.69) is 25.2 Å². The van der Waals surface area contributed by atoms with Crippen molar-refractivity contribution >= 4 is 33.2 Å². The quantitative estimate of drug-likeness (QED) is 0.150. The van der Waals surface area contributed by atoms with Crippen LogP contribution in [0.15, 0.2) is 102 Å². The van der Waals surface area contributed by atoms with Gasteiger partial charge in [0.25, 0.3) is 0 Å². The molecule has 0 spiro atoms. The van der Waals surface area contributed by atoms with Gasteiger partial charge < -0.3 is 10.6 Å². The van der Waals surface area contributed by atoms with E-state index in [1.54, 1.807) is 30.5 Å². The largest absolute Gasteiger partial charge is 0.311 e. The molecule has 0 fully saturated rings. The van der Waals surface area contributed by atoms with Gasteiger partial charge in [-0.05, 0) is 53.1 Å². The molecule has 1 heterocycles. The van der Waals surface area contributed by atoms with Crippen LogP contribution in [0.4, 0.5) is 0 Å². The van der Waals surface area contributed by atoms with Gasteiger partial charge in [0.05, 0.1) is 17.1 Å². The van der Waals surface area contributed by atoms with Crippen LogP contribution in [0.25, 0.3) is 0 Å². The highest BCUT2D eigenvalue weighted by Gasteiger charge is 2.15. The van der Waals surface area contributed by atoms with Crippen molar-refractivity contribution in [2.75, 3.05) is 26.2 Å². The molecule has 7 nitrogen and oxygen atoms in total. The molecule has 0 unspecified atom stereocenters. The van der Waals surface area contributed by atoms with Gasteiger partial charge in [-0.3, -0.25) is 9.88 Å². The number of sulfonamides is 1. The summed E-state index contributed by atoms with van der Waals surface area (Å²) in [6, 6.07) is 28.1. The zero-order valence-corrected chi connectivity index (χ0v) is 25.1. The fraction of sp³-hybridized carbons (Fsp3) is 0.258. The molecule has 0 saturated carbocycles. The summed E-state index contributed by atoms with van der Waals surface area (Å²) in [6.07, 6.45) is 1.64. The van der Waals surface area contributed by atoms with Crippen molar-refractivity contribution in [1.29, 1.82) is 0 Å². The first kappa shape index (κ1) is 31.1. The third-order valence-electron chi connectivity index (χ3n) is 6.57. The van der Waals surface area contributed by atoms with Crippen molar-refractivity contribution in [2.45, 2.75) is 31.1 Å². The maximum atomic E-state index is 12.8. The summed E-state index contributed by atoms with van der Waals surface area (Å²) in [7, 11) is -3.64. The Morgan fingerprint density at radius 2 is 1.24 bits per heavy atom. The number of rotatable bonds is 16. The van der Waals surface area contributed by atoms with E-state index in [-0.39, 0.29) is 11.4 Å². The Labute approximate surface area is 253 Å². The van der Waals surface area contributed by atoms with Crippen molar-refractivity contribution < 1.29 is 8.42 Å². The van der Waals surface area contributed by atoms with Gasteiger partial charge in [-0.15, -0.1) is 0 Å². The van der Waals surface area contributed by atoms with Crippen LogP contribution in [0.5, 0.6) is 0 Å². The normalized spacial score (nSPS) is 11.7. The molecule has 3 aromatic carbocycles. The van der Waals surface area contributed by atoms with Crippen LogP contribution in [0, 0.1) is 0 Å². The fourth-order valence-electron chi connectivity index (χ4n) is 4.26. The lowest BCUT2D eigenvalue weighted by molar-refractivity contribution is 0.264. The topological polar surface area (TPSA) is 86.4 Å². The molecule has 216 valence electrons. The number of pyridine rings is 1. The Kier molecular flexibility index (Phi) is 12.1. The second-order valence-corrected chi connectivity index (χ2v) is 12.2. The summed E-state index contributed by atoms with van der Waals surface area (Å²) in [4.78, 5) is 6.73. The lowest BCUT2D eigenvalue weighted by Gasteiger charge is -2.23. The molecule has 0 aliphatic rings. The molecular weight excluding hydrogens is 577 g/mol. The molecule has 10 heteroatoms. The highest BCUT2D eigenvalue weighted by atomic mass is 35.5. The number of hydrogen-bond acceptors (Lipinski definition) is 6. The van der Waals surface area contributed by atoms with Crippen molar-refractivity contribution in [3.05, 3.63) is 130 Å². The first-order valence-corrected chi connectivity index (χ1v) is 15.7. The van der Waals surface area contributed by atoms with E-state index in [1.807, 2.05) is 66.7 Å². The maximum absolute atomic E-state index is 12.8. The zero-order valence-electron chi connectivity index (χ0n) is 22.8. The second-order valence-electron chi connectivity index (χ2n) is 9.60. The molecule has 4 aromatic rings. The predicted octanol–water partition coefficient (Wildman–Crippen LogP) is 5.25. The number of hydrogen-bond donors (Lipinski definition) is 3. The van der Waals surface area contributed by atoms with E-state index in [0.29, 0.717) is 25.3 Å². The molecule has 0 aliphatic heterocycles. The molecule has 0 radical (unpaired) electrons. The van der Waals surface area contributed by atoms with Gasteiger partial charge in [0, 0.05) is 62.1 Å². The SMILES string of the molecule is O=S(=O)(NCc1ccccn1)c1ccc(CN(CCNCc2ccccc2Cl)CCNCc2ccccc2Cl)cc1. The summed E-state index contributed by atoms with van der Waals surface area (Å²) in [5.74, 6) is 0. The van der Waals surface area contributed by atoms with E-state index >= 15 is 0 Å². The summed E-state index contributed by atoms with van der Waals surface area (Å²) in [5, 5.41) is 8.47. The van der Waals surface area contributed by atoms with Crippen molar-refractivity contribution in [3.63, 3.8) is 0 Å². The summed E-state index contributed by atoms with van der Waals surface area (Å²) in [6.45, 7) is 5.38. The summed E-state index contributed by atoms with van der Waals surface area (Å²) >= 11 is 12.6. The maximum Gasteiger partial charge on any atom is 0.240 e. The second kappa shape index (κ2) is 16.0. The molecule has 3 N–H and O–H groups in total. The monoisotopic (exact) mass is 611 g/mol. The summed E-state index contributed by atoms with van der Waals surface area (Å²) < 4.78 is 28.2. The van der Waals surface area contributed by atoms with E-state index in [9.17, 15) is 8.42 Å². The number of nitrogens with one attached hydrogen (secondary N) is 3. The van der Waals surface area contributed by atoms with Crippen LogP contribution in [0.2, 0.25) is 10.0 Å². The third kappa shape index (κ3) is 10.2. The Balaban J connectivity index is 1.32. The van der Waals surface area contributed by atoms with Crippen molar-refractivity contribution in [2.24, 2.45) is 0 Å². The van der Waals surface area contributed by atoms with Gasteiger partial charge in [-0.2, -0.15) is 0 Å². The van der Waals surface area contributed by atoms with Crippen LogP contribution in [0.3, 0.4) is 0 Å². The van der Waals surface area contributed by atoms with Crippen LogP contribution >= 0.6 is 23.2 Å². The van der Waals surface area contributed by atoms with Gasteiger partial charge in [0.15, 0.2) is 0 Å². The molecule has 0 aliphatic carbocycles. The Bertz CT molecular complexity index is 1420. The highest BCUT2D eigenvalue weighted by Crippen LogP contribution is 2.16. The number of nitrogens with zero attached hydrogens (tertiary/aromatic N) is 2. The molecule has 41 heavy (non-hydrogen) atoms. The minimum absolute atomic E-state index is 0.140. The van der Waals surface area contributed by atoms with E-state index < -0.39 is 10.0 Å². The molecule has 0 bridgehead atoms. The van der Waals surface area contributed by atoms with Crippen LogP contribution < -0.4 is 15.4 Å². The minimum atomic E-state index is -3.64. The first-order chi connectivity index (χ1) is 19.9. The third-order valence-corrected chi connectivity index (χ3v) is 8.72. The molecule has 1 aromatic heterocycles. The average Bonchev–Trinajstić information content (AvgIpc) is 2.99. The van der Waals surface area contributed by atoms with Gasteiger partial charge in [0.2, 0.25) is 10.0 Å². The number of aromatic nitrogens is 1. The molecule has 0 amide bonds. The van der Waals surface area contributed by atoms with E-state index in [1.165, 1.54) is 0 Å². The molecule has 0 atom stereocenters. The van der Waals surface area contributed by atoms with Crippen LogP contribution in [-0.4, -0.2) is 44.5 Å². The van der Waals surface area contributed by atoms with E-state index in [4.69, 9.17) is 23.2 Å². The zero-order chi connectivity index (χ0) is 28.9. The lowest BCUT2D eigenvalue weighted by atomic mass is 10.2. The Hall–Kier alpha value is -2.82. The fourth-order valence-corrected chi connectivity index (χ4v) is 5.67. The lowest BCUT2D eigenvalue weighted by Crippen LogP contribution is -2.36. The molecule has 4 rings (SSSR count). The van der Waals surface area contributed by atoms with Crippen LogP contribution in [-0.2, 0) is 36.2 Å². The highest BCUT2D eigenvalue weighted by molar-refractivity contribution is 7.89. The Morgan fingerprint density at radius 1 is 0.683 bits per heavy atom. The number of benzene rings is 3. The predicted molar refractivity (Wildman–Crippen MR) is 166 cm³/mol. The number of halogens is 2. The van der Waals surface area contributed by atoms with Crippen molar-refractivity contribution in [1.82, 2.24) is 25.2 Å². The van der Waals surface area contributed by atoms with Gasteiger partial charge in [-0.25, -0.2) is 13.1 Å². The van der Waals surface area contributed by atoms with Crippen LogP contribution in [0.1, 0.15) is 22.4 Å². The van der Waals surface area contributed by atoms with E-state index in [0.717, 1.165) is 52.9 Å². The average molecular weight is 613 g/mol. The van der Waals surface area contributed by atoms with Gasteiger partial charge in [0.1, 0.15) is 0 Å². The minimum Gasteiger partial charge on any atom is -0.311 e. The van der Waals surface area contributed by atoms with Gasteiger partial charge >= 0.3 is 0 Å². The first-order valence-electron chi connectivity index (χ1n) is 13.5. The molecule has 0 saturated heterocycles. The standard InChI is InChI=1S/C31H35Cl2N5O2S/c32-30-10-3-1-7-26(30)21-34-17-19-38(20-18-35-22-27-8-2-4-11-31(27)33)24-25-12-14-29(15-13-25)41(39,40)37-23-28-9-5-6-16-36-28/h1-16,34-35,37H,17-24H2. The smallest absolute Gasteiger partial charge is 0.240 e. The van der Waals surface area contributed by atoms with Crippen molar-refractivity contribution in [3.8, 4) is 0 Å². The summed E-state index contributed by atoms with van der Waals surface area (Å²) in [5.41, 5.74) is 3.83. The van der Waals surface area contributed by atoms with Gasteiger partial charge in [-0.1, -0.05) is 77.8 Å². The molecular formula is C31H35Cl2N5O2S.